The summed E-state index contributed by atoms with van der Waals surface area (Å²) < 4.78 is 13.8. The Morgan fingerprint density at radius 1 is 1.45 bits per heavy atom. The second kappa shape index (κ2) is 5.02. The molecule has 1 heterocycles. The van der Waals surface area contributed by atoms with Crippen LogP contribution in [0.3, 0.4) is 0 Å². The number of imide groups is 1. The first-order chi connectivity index (χ1) is 9.34. The lowest BCUT2D eigenvalue weighted by atomic mass is 9.97. The standard InChI is InChI=1S/C14H14FN3O2/c1-14(2)13(20)17-12(19)8-18(14)7-10-5-9(6-16)3-4-11(10)15/h3-5H,7-8H2,1-2H3,(H,17,19,20). The molecule has 0 atom stereocenters. The smallest absolute Gasteiger partial charge is 0.246 e. The number of carbonyl (C=O) groups is 2. The van der Waals surface area contributed by atoms with Crippen LogP contribution in [0.5, 0.6) is 0 Å². The van der Waals surface area contributed by atoms with Crippen LogP contribution in [0.1, 0.15) is 25.0 Å². The lowest BCUT2D eigenvalue weighted by molar-refractivity contribution is -0.145. The van der Waals surface area contributed by atoms with Crippen LogP contribution < -0.4 is 5.32 Å². The number of nitriles is 1. The number of piperazine rings is 1. The number of benzene rings is 1. The molecule has 5 nitrogen and oxygen atoms in total. The minimum atomic E-state index is -0.914. The predicted octanol–water partition coefficient (Wildman–Crippen LogP) is 0.934. The van der Waals surface area contributed by atoms with Crippen molar-refractivity contribution < 1.29 is 14.0 Å². The molecule has 6 heteroatoms. The number of hydrogen-bond donors (Lipinski definition) is 1. The fourth-order valence-corrected chi connectivity index (χ4v) is 2.06. The van der Waals surface area contributed by atoms with Crippen LogP contribution in [-0.4, -0.2) is 28.8 Å². The summed E-state index contributed by atoms with van der Waals surface area (Å²) in [6.07, 6.45) is 0. The monoisotopic (exact) mass is 275 g/mol. The van der Waals surface area contributed by atoms with Crippen molar-refractivity contribution >= 4 is 11.8 Å². The Hall–Kier alpha value is -2.26. The summed E-state index contributed by atoms with van der Waals surface area (Å²) in [5.41, 5.74) is -0.283. The highest BCUT2D eigenvalue weighted by Crippen LogP contribution is 2.22. The zero-order chi connectivity index (χ0) is 14.9. The highest BCUT2D eigenvalue weighted by atomic mass is 19.1. The van der Waals surface area contributed by atoms with E-state index in [1.165, 1.54) is 18.2 Å². The number of hydrogen-bond acceptors (Lipinski definition) is 4. The van der Waals surface area contributed by atoms with E-state index in [1.54, 1.807) is 18.7 Å². The van der Waals surface area contributed by atoms with Gasteiger partial charge in [-0.05, 0) is 32.0 Å². The van der Waals surface area contributed by atoms with Gasteiger partial charge in [-0.25, -0.2) is 4.39 Å². The van der Waals surface area contributed by atoms with Crippen LogP contribution in [0, 0.1) is 17.1 Å². The van der Waals surface area contributed by atoms with Crippen molar-refractivity contribution in [2.75, 3.05) is 6.54 Å². The summed E-state index contributed by atoms with van der Waals surface area (Å²) >= 11 is 0. The number of nitrogens with zero attached hydrogens (tertiary/aromatic N) is 2. The Morgan fingerprint density at radius 3 is 2.80 bits per heavy atom. The van der Waals surface area contributed by atoms with E-state index in [0.29, 0.717) is 11.1 Å². The lowest BCUT2D eigenvalue weighted by Gasteiger charge is -2.40. The molecule has 2 rings (SSSR count). The van der Waals surface area contributed by atoms with Gasteiger partial charge >= 0.3 is 0 Å². The molecule has 0 unspecified atom stereocenters. The molecule has 1 aromatic carbocycles. The Morgan fingerprint density at radius 2 is 2.15 bits per heavy atom. The third-order valence-corrected chi connectivity index (χ3v) is 3.47. The largest absolute Gasteiger partial charge is 0.294 e. The number of rotatable bonds is 2. The quantitative estimate of drug-likeness (QED) is 0.815. The van der Waals surface area contributed by atoms with E-state index < -0.39 is 23.2 Å². The molecular formula is C14H14FN3O2. The van der Waals surface area contributed by atoms with Crippen molar-refractivity contribution in [1.82, 2.24) is 10.2 Å². The van der Waals surface area contributed by atoms with Gasteiger partial charge < -0.3 is 0 Å². The molecule has 0 radical (unpaired) electrons. The summed E-state index contributed by atoms with van der Waals surface area (Å²) in [6, 6.07) is 5.97. The topological polar surface area (TPSA) is 73.2 Å². The van der Waals surface area contributed by atoms with Crippen molar-refractivity contribution in [1.29, 1.82) is 5.26 Å². The summed E-state index contributed by atoms with van der Waals surface area (Å²) in [5, 5.41) is 11.1. The molecule has 0 spiro atoms. The molecule has 1 aromatic rings. The highest BCUT2D eigenvalue weighted by Gasteiger charge is 2.40. The Balaban J connectivity index is 2.31. The van der Waals surface area contributed by atoms with Gasteiger partial charge in [-0.1, -0.05) is 0 Å². The van der Waals surface area contributed by atoms with Gasteiger partial charge in [0, 0.05) is 12.1 Å². The molecule has 1 fully saturated rings. The average Bonchev–Trinajstić information content (AvgIpc) is 2.38. The predicted molar refractivity (Wildman–Crippen MR) is 68.8 cm³/mol. The Bertz CT molecular complexity index is 619. The van der Waals surface area contributed by atoms with Gasteiger partial charge in [-0.2, -0.15) is 5.26 Å². The molecule has 104 valence electrons. The van der Waals surface area contributed by atoms with E-state index in [1.807, 2.05) is 6.07 Å². The Kier molecular flexibility index (Phi) is 3.55. The second-order valence-electron chi connectivity index (χ2n) is 5.21. The number of nitrogens with one attached hydrogen (secondary N) is 1. The molecule has 1 saturated heterocycles. The number of carbonyl (C=O) groups excluding carboxylic acids is 2. The van der Waals surface area contributed by atoms with Crippen molar-refractivity contribution in [2.24, 2.45) is 0 Å². The van der Waals surface area contributed by atoms with Crippen LogP contribution in [0.15, 0.2) is 18.2 Å². The molecule has 1 N–H and O–H groups in total. The minimum absolute atomic E-state index is 0.00889. The van der Waals surface area contributed by atoms with Gasteiger partial charge in [0.25, 0.3) is 0 Å². The zero-order valence-electron chi connectivity index (χ0n) is 11.2. The first-order valence-electron chi connectivity index (χ1n) is 6.12. The molecule has 0 aromatic heterocycles. The van der Waals surface area contributed by atoms with Gasteiger partial charge in [0.2, 0.25) is 11.8 Å². The first kappa shape index (κ1) is 14.2. The average molecular weight is 275 g/mol. The van der Waals surface area contributed by atoms with E-state index >= 15 is 0 Å². The van der Waals surface area contributed by atoms with Crippen molar-refractivity contribution in [3.63, 3.8) is 0 Å². The van der Waals surface area contributed by atoms with E-state index in [-0.39, 0.29) is 13.1 Å². The van der Waals surface area contributed by atoms with Gasteiger partial charge in [-0.15, -0.1) is 0 Å². The second-order valence-corrected chi connectivity index (χ2v) is 5.21. The Labute approximate surface area is 116 Å². The SMILES string of the molecule is CC1(C)C(=O)NC(=O)CN1Cc1cc(C#N)ccc1F. The summed E-state index contributed by atoms with van der Waals surface area (Å²) in [5.74, 6) is -1.28. The van der Waals surface area contributed by atoms with E-state index in [4.69, 9.17) is 5.26 Å². The van der Waals surface area contributed by atoms with Gasteiger partial charge in [-0.3, -0.25) is 19.8 Å². The zero-order valence-corrected chi connectivity index (χ0v) is 11.2. The molecular weight excluding hydrogens is 261 g/mol. The molecule has 0 saturated carbocycles. The van der Waals surface area contributed by atoms with Gasteiger partial charge in [0.05, 0.1) is 23.7 Å². The molecule has 2 amide bonds. The number of amides is 2. The third kappa shape index (κ3) is 2.53. The molecule has 1 aliphatic heterocycles. The fraction of sp³-hybridized carbons (Fsp3) is 0.357. The van der Waals surface area contributed by atoms with Crippen LogP contribution >= 0.6 is 0 Å². The van der Waals surface area contributed by atoms with Crippen molar-refractivity contribution in [3.8, 4) is 6.07 Å². The molecule has 1 aliphatic rings. The first-order valence-corrected chi connectivity index (χ1v) is 6.12. The summed E-state index contributed by atoms with van der Waals surface area (Å²) in [6.45, 7) is 3.43. The normalized spacial score (nSPS) is 18.5. The van der Waals surface area contributed by atoms with Crippen LogP contribution in [-0.2, 0) is 16.1 Å². The van der Waals surface area contributed by atoms with Crippen molar-refractivity contribution in [3.05, 3.63) is 35.1 Å². The molecule has 0 bridgehead atoms. The van der Waals surface area contributed by atoms with Crippen LogP contribution in [0.2, 0.25) is 0 Å². The van der Waals surface area contributed by atoms with Gasteiger partial charge in [0.15, 0.2) is 0 Å². The summed E-state index contributed by atoms with van der Waals surface area (Å²) in [4.78, 5) is 24.9. The molecule has 0 aliphatic carbocycles. The summed E-state index contributed by atoms with van der Waals surface area (Å²) in [7, 11) is 0. The maximum atomic E-state index is 13.8. The maximum Gasteiger partial charge on any atom is 0.246 e. The van der Waals surface area contributed by atoms with E-state index in [0.717, 1.165) is 0 Å². The van der Waals surface area contributed by atoms with Crippen molar-refractivity contribution in [2.45, 2.75) is 25.9 Å². The highest BCUT2D eigenvalue weighted by molar-refractivity contribution is 6.02. The van der Waals surface area contributed by atoms with Crippen LogP contribution in [0.4, 0.5) is 4.39 Å². The molecule has 20 heavy (non-hydrogen) atoms. The van der Waals surface area contributed by atoms with E-state index in [2.05, 4.69) is 5.32 Å². The van der Waals surface area contributed by atoms with Gasteiger partial charge in [0.1, 0.15) is 5.82 Å². The van der Waals surface area contributed by atoms with E-state index in [9.17, 15) is 14.0 Å². The lowest BCUT2D eigenvalue weighted by Crippen LogP contribution is -2.63. The maximum absolute atomic E-state index is 13.8. The fourth-order valence-electron chi connectivity index (χ4n) is 2.06. The van der Waals surface area contributed by atoms with Crippen LogP contribution in [0.25, 0.3) is 0 Å². The minimum Gasteiger partial charge on any atom is -0.294 e. The number of halogens is 1. The third-order valence-electron chi connectivity index (χ3n) is 3.47.